The van der Waals surface area contributed by atoms with Crippen molar-refractivity contribution in [3.63, 3.8) is 0 Å². The molecule has 1 N–H and O–H groups in total. The van der Waals surface area contributed by atoms with Crippen LogP contribution in [0.25, 0.3) is 0 Å². The molecule has 2 aromatic rings. The minimum Gasteiger partial charge on any atom is -0.348 e. The zero-order valence-corrected chi connectivity index (χ0v) is 11.4. The normalized spacial score (nSPS) is 12.9. The second-order valence-corrected chi connectivity index (χ2v) is 5.29. The van der Waals surface area contributed by atoms with E-state index in [1.807, 2.05) is 14.0 Å². The Bertz CT molecular complexity index is 468. The third kappa shape index (κ3) is 2.96. The molecule has 2 aromatic heterocycles. The van der Waals surface area contributed by atoms with Gasteiger partial charge in [-0.15, -0.1) is 11.3 Å². The van der Waals surface area contributed by atoms with Crippen molar-refractivity contribution >= 4 is 11.3 Å². The first-order valence-corrected chi connectivity index (χ1v) is 6.84. The van der Waals surface area contributed by atoms with Gasteiger partial charge in [-0.2, -0.15) is 0 Å². The van der Waals surface area contributed by atoms with Crippen LogP contribution in [-0.2, 0) is 6.54 Å². The van der Waals surface area contributed by atoms with Gasteiger partial charge in [0.15, 0.2) is 0 Å². The van der Waals surface area contributed by atoms with Crippen molar-refractivity contribution in [1.29, 1.82) is 0 Å². The van der Waals surface area contributed by atoms with Gasteiger partial charge in [-0.25, -0.2) is 4.98 Å². The summed E-state index contributed by atoms with van der Waals surface area (Å²) >= 11 is 1.71. The summed E-state index contributed by atoms with van der Waals surface area (Å²) in [6.07, 6.45) is 5.44. The number of aromatic nitrogens is 2. The van der Waals surface area contributed by atoms with Crippen LogP contribution in [0.5, 0.6) is 0 Å². The third-order valence-electron chi connectivity index (χ3n) is 2.94. The average Bonchev–Trinajstić information content (AvgIpc) is 2.91. The Kier molecular flexibility index (Phi) is 3.97. The predicted molar refractivity (Wildman–Crippen MR) is 72.5 cm³/mol. The lowest BCUT2D eigenvalue weighted by atomic mass is 10.1. The Morgan fingerprint density at radius 3 is 2.94 bits per heavy atom. The van der Waals surface area contributed by atoms with E-state index in [-0.39, 0.29) is 0 Å². The smallest absolute Gasteiger partial charge is 0.0898 e. The third-order valence-corrected chi connectivity index (χ3v) is 3.77. The summed E-state index contributed by atoms with van der Waals surface area (Å²) in [4.78, 5) is 4.48. The van der Waals surface area contributed by atoms with Crippen LogP contribution in [0.1, 0.15) is 35.7 Å². The van der Waals surface area contributed by atoms with Gasteiger partial charge in [-0.3, -0.25) is 0 Å². The van der Waals surface area contributed by atoms with E-state index in [4.69, 9.17) is 0 Å². The van der Waals surface area contributed by atoms with Crippen LogP contribution >= 0.6 is 11.3 Å². The molecule has 1 atom stereocenters. The van der Waals surface area contributed by atoms with Gasteiger partial charge in [0.1, 0.15) is 0 Å². The highest BCUT2D eigenvalue weighted by Gasteiger charge is 2.08. The molecule has 92 valence electrons. The van der Waals surface area contributed by atoms with Crippen molar-refractivity contribution in [2.24, 2.45) is 0 Å². The van der Waals surface area contributed by atoms with E-state index >= 15 is 0 Å². The first-order chi connectivity index (χ1) is 8.22. The lowest BCUT2D eigenvalue weighted by Crippen LogP contribution is -2.14. The zero-order valence-electron chi connectivity index (χ0n) is 10.6. The van der Waals surface area contributed by atoms with Crippen molar-refractivity contribution < 1.29 is 0 Å². The lowest BCUT2D eigenvalue weighted by Gasteiger charge is -2.11. The molecule has 3 nitrogen and oxygen atoms in total. The molecule has 0 fully saturated rings. The fourth-order valence-corrected chi connectivity index (χ4v) is 2.64. The molecule has 0 aromatic carbocycles. The number of aryl methyl sites for hydroxylation is 1. The van der Waals surface area contributed by atoms with E-state index in [0.29, 0.717) is 6.04 Å². The predicted octanol–water partition coefficient (Wildman–Crippen LogP) is 2.97. The quantitative estimate of drug-likeness (QED) is 0.883. The molecule has 0 saturated carbocycles. The first kappa shape index (κ1) is 12.3. The summed E-state index contributed by atoms with van der Waals surface area (Å²) < 4.78 is 2.20. The maximum Gasteiger partial charge on any atom is 0.0898 e. The molecular formula is C13H19N3S. The van der Waals surface area contributed by atoms with Gasteiger partial charge in [0.25, 0.3) is 0 Å². The summed E-state index contributed by atoms with van der Waals surface area (Å²) in [5.41, 5.74) is 2.49. The van der Waals surface area contributed by atoms with Gasteiger partial charge < -0.3 is 9.88 Å². The van der Waals surface area contributed by atoms with Gasteiger partial charge in [0, 0.05) is 23.8 Å². The van der Waals surface area contributed by atoms with E-state index in [9.17, 15) is 0 Å². The second kappa shape index (κ2) is 5.47. The van der Waals surface area contributed by atoms with Gasteiger partial charge in [0.05, 0.1) is 17.2 Å². The SMILES string of the molecule is CCC(NC)c1ccn(Cc2csc(C)n2)c1. The maximum atomic E-state index is 4.48. The van der Waals surface area contributed by atoms with Gasteiger partial charge in [-0.05, 0) is 32.0 Å². The standard InChI is InChI=1S/C13H19N3S/c1-4-13(14-3)11-5-6-16(7-11)8-12-9-17-10(2)15-12/h5-7,9,13-14H,4,8H2,1-3H3. The van der Waals surface area contributed by atoms with Crippen LogP contribution < -0.4 is 5.32 Å². The van der Waals surface area contributed by atoms with Gasteiger partial charge in [0.2, 0.25) is 0 Å². The van der Waals surface area contributed by atoms with Crippen LogP contribution in [0.15, 0.2) is 23.8 Å². The van der Waals surface area contributed by atoms with Crippen LogP contribution in [0.4, 0.5) is 0 Å². The van der Waals surface area contributed by atoms with Crippen LogP contribution in [-0.4, -0.2) is 16.6 Å². The molecule has 0 bridgehead atoms. The second-order valence-electron chi connectivity index (χ2n) is 4.22. The molecule has 0 amide bonds. The molecule has 17 heavy (non-hydrogen) atoms. The van der Waals surface area contributed by atoms with Crippen molar-refractivity contribution in [2.45, 2.75) is 32.9 Å². The van der Waals surface area contributed by atoms with Gasteiger partial charge in [-0.1, -0.05) is 6.92 Å². The molecule has 0 aliphatic heterocycles. The number of rotatable bonds is 5. The highest BCUT2D eigenvalue weighted by molar-refractivity contribution is 7.09. The summed E-state index contributed by atoms with van der Waals surface area (Å²) in [5, 5.41) is 6.59. The molecule has 2 rings (SSSR count). The van der Waals surface area contributed by atoms with Crippen molar-refractivity contribution in [2.75, 3.05) is 7.05 Å². The van der Waals surface area contributed by atoms with E-state index < -0.39 is 0 Å². The van der Waals surface area contributed by atoms with E-state index in [1.165, 1.54) is 5.56 Å². The molecule has 0 aliphatic rings. The molecular weight excluding hydrogens is 230 g/mol. The molecule has 1 unspecified atom stereocenters. The maximum absolute atomic E-state index is 4.48. The topological polar surface area (TPSA) is 29.9 Å². The number of nitrogens with one attached hydrogen (secondary N) is 1. The van der Waals surface area contributed by atoms with Crippen LogP contribution in [0, 0.1) is 6.92 Å². The largest absolute Gasteiger partial charge is 0.348 e. The summed E-state index contributed by atoms with van der Waals surface area (Å²) in [7, 11) is 2.01. The number of hydrogen-bond acceptors (Lipinski definition) is 3. The van der Waals surface area contributed by atoms with Gasteiger partial charge >= 0.3 is 0 Å². The molecule has 0 saturated heterocycles. The van der Waals surface area contributed by atoms with Crippen molar-refractivity contribution in [3.8, 4) is 0 Å². The zero-order chi connectivity index (χ0) is 12.3. The number of hydrogen-bond donors (Lipinski definition) is 1. The van der Waals surface area contributed by atoms with E-state index in [0.717, 1.165) is 23.7 Å². The summed E-state index contributed by atoms with van der Waals surface area (Å²) in [6.45, 7) is 5.11. The average molecular weight is 249 g/mol. The summed E-state index contributed by atoms with van der Waals surface area (Å²) in [5.74, 6) is 0. The van der Waals surface area contributed by atoms with Crippen molar-refractivity contribution in [3.05, 3.63) is 40.1 Å². The van der Waals surface area contributed by atoms with Crippen LogP contribution in [0.2, 0.25) is 0 Å². The fourth-order valence-electron chi connectivity index (χ4n) is 2.04. The Morgan fingerprint density at radius 1 is 1.53 bits per heavy atom. The van der Waals surface area contributed by atoms with Crippen LogP contribution in [0.3, 0.4) is 0 Å². The Hall–Kier alpha value is -1.13. The highest BCUT2D eigenvalue weighted by atomic mass is 32.1. The first-order valence-electron chi connectivity index (χ1n) is 5.97. The molecule has 4 heteroatoms. The van der Waals surface area contributed by atoms with E-state index in [1.54, 1.807) is 11.3 Å². The summed E-state index contributed by atoms with van der Waals surface area (Å²) in [6, 6.07) is 2.64. The Labute approximate surface area is 107 Å². The number of thiazole rings is 1. The Balaban J connectivity index is 2.08. The molecule has 0 radical (unpaired) electrons. The monoisotopic (exact) mass is 249 g/mol. The Morgan fingerprint density at radius 2 is 2.35 bits per heavy atom. The lowest BCUT2D eigenvalue weighted by molar-refractivity contribution is 0.575. The molecule has 2 heterocycles. The van der Waals surface area contributed by atoms with E-state index in [2.05, 4.69) is 45.6 Å². The van der Waals surface area contributed by atoms with Crippen molar-refractivity contribution in [1.82, 2.24) is 14.9 Å². The minimum absolute atomic E-state index is 0.452. The fraction of sp³-hybridized carbons (Fsp3) is 0.462. The number of nitrogens with zero attached hydrogens (tertiary/aromatic N) is 2. The molecule has 0 spiro atoms. The minimum atomic E-state index is 0.452. The molecule has 0 aliphatic carbocycles. The highest BCUT2D eigenvalue weighted by Crippen LogP contribution is 2.17.